The number of anilines is 6. The average Bonchev–Trinajstić information content (AvgIpc) is 0.700. The molecule has 0 bridgehead atoms. The monoisotopic (exact) mass is 1150 g/mol. The van der Waals surface area contributed by atoms with Gasteiger partial charge in [0.25, 0.3) is 6.71 Å². The maximum atomic E-state index is 2.66. The Kier molecular flexibility index (Phi) is 13.5. The van der Waals surface area contributed by atoms with Gasteiger partial charge in [-0.25, -0.2) is 0 Å². The SMILES string of the molecule is CC(C)(C)c1ccc(-c2ccc3c(c2)B2c4cc(C(C)(C)C)ccc4N(c4c(-c5ccc(C(C)(C)C)cc5)cccc4-c4ccc(C(C)(C)C)cc4)c4cccc(c42)N3c2ccc(C(C)(C)C)cc2-c2ccc3c4ccccc4c4ccccc4c3c2)cc1. The summed E-state index contributed by atoms with van der Waals surface area (Å²) in [6.45, 7) is 34.8. The molecular formula is C86H83BN2. The van der Waals surface area contributed by atoms with Crippen molar-refractivity contribution in [1.29, 1.82) is 0 Å². The molecule has 0 saturated carbocycles. The molecule has 2 heterocycles. The highest BCUT2D eigenvalue weighted by Crippen LogP contribution is 2.52. The van der Waals surface area contributed by atoms with E-state index in [1.54, 1.807) is 0 Å². The lowest BCUT2D eigenvalue weighted by atomic mass is 9.33. The van der Waals surface area contributed by atoms with E-state index in [1.165, 1.54) is 149 Å². The van der Waals surface area contributed by atoms with Crippen molar-refractivity contribution in [3.63, 3.8) is 0 Å². The fraction of sp³-hybridized carbons (Fsp3) is 0.233. The molecule has 89 heavy (non-hydrogen) atoms. The minimum Gasteiger partial charge on any atom is -0.311 e. The van der Waals surface area contributed by atoms with Crippen molar-refractivity contribution in [2.45, 2.75) is 131 Å². The number of nitrogens with zero attached hydrogens (tertiary/aromatic N) is 2. The zero-order chi connectivity index (χ0) is 62.3. The predicted molar refractivity (Wildman–Crippen MR) is 388 cm³/mol. The van der Waals surface area contributed by atoms with Gasteiger partial charge < -0.3 is 9.80 Å². The van der Waals surface area contributed by atoms with E-state index in [-0.39, 0.29) is 33.8 Å². The summed E-state index contributed by atoms with van der Waals surface area (Å²) in [5.41, 5.74) is 27.0. The van der Waals surface area contributed by atoms with Gasteiger partial charge in [-0.3, -0.25) is 0 Å². The maximum absolute atomic E-state index is 2.66. The van der Waals surface area contributed by atoms with Crippen molar-refractivity contribution in [2.75, 3.05) is 9.80 Å². The molecule has 0 amide bonds. The van der Waals surface area contributed by atoms with Crippen LogP contribution < -0.4 is 26.2 Å². The summed E-state index contributed by atoms with van der Waals surface area (Å²) < 4.78 is 0. The van der Waals surface area contributed by atoms with Gasteiger partial charge in [0.2, 0.25) is 0 Å². The van der Waals surface area contributed by atoms with E-state index in [0.29, 0.717) is 0 Å². The van der Waals surface area contributed by atoms with Crippen molar-refractivity contribution in [1.82, 2.24) is 0 Å². The lowest BCUT2D eigenvalue weighted by Gasteiger charge is -2.45. The molecule has 0 aromatic heterocycles. The summed E-state index contributed by atoms with van der Waals surface area (Å²) >= 11 is 0. The van der Waals surface area contributed by atoms with Crippen LogP contribution in [0.2, 0.25) is 0 Å². The molecule has 2 aliphatic heterocycles. The molecule has 2 aliphatic rings. The molecule has 12 aromatic rings. The minimum absolute atomic E-state index is 0.00903. The van der Waals surface area contributed by atoms with Crippen LogP contribution in [0.25, 0.3) is 76.8 Å². The fourth-order valence-electron chi connectivity index (χ4n) is 14.3. The van der Waals surface area contributed by atoms with E-state index in [2.05, 4.69) is 344 Å². The van der Waals surface area contributed by atoms with Gasteiger partial charge in [0, 0.05) is 39.4 Å². The minimum atomic E-state index is -0.117. The van der Waals surface area contributed by atoms with Gasteiger partial charge in [-0.15, -0.1) is 0 Å². The van der Waals surface area contributed by atoms with Crippen molar-refractivity contribution < 1.29 is 0 Å². The van der Waals surface area contributed by atoms with Crippen LogP contribution >= 0.6 is 0 Å². The molecule has 0 N–H and O–H groups in total. The number of benzene rings is 12. The molecule has 440 valence electrons. The Balaban J connectivity index is 1.08. The zero-order valence-corrected chi connectivity index (χ0v) is 54.9. The van der Waals surface area contributed by atoms with Crippen LogP contribution in [-0.4, -0.2) is 6.71 Å². The second-order valence-corrected chi connectivity index (χ2v) is 30.6. The Hall–Kier alpha value is -8.92. The lowest BCUT2D eigenvalue weighted by molar-refractivity contribution is 0.590. The Labute approximate surface area is 530 Å². The van der Waals surface area contributed by atoms with E-state index >= 15 is 0 Å². The molecule has 2 nitrogen and oxygen atoms in total. The normalized spacial score (nSPS) is 13.5. The fourth-order valence-corrected chi connectivity index (χ4v) is 14.3. The number of hydrogen-bond acceptors (Lipinski definition) is 2. The lowest BCUT2D eigenvalue weighted by Crippen LogP contribution is -2.61. The zero-order valence-electron chi connectivity index (χ0n) is 54.9. The largest absolute Gasteiger partial charge is 0.311 e. The average molecular weight is 1160 g/mol. The molecule has 0 saturated heterocycles. The summed E-state index contributed by atoms with van der Waals surface area (Å²) in [7, 11) is 0. The summed E-state index contributed by atoms with van der Waals surface area (Å²) in [6, 6.07) is 89.6. The predicted octanol–water partition coefficient (Wildman–Crippen LogP) is 22.4. The van der Waals surface area contributed by atoms with Crippen LogP contribution in [-0.2, 0) is 27.1 Å². The molecule has 0 unspecified atom stereocenters. The van der Waals surface area contributed by atoms with Crippen molar-refractivity contribution in [3.8, 4) is 44.5 Å². The molecule has 0 atom stereocenters. The molecule has 3 heteroatoms. The summed E-state index contributed by atoms with van der Waals surface area (Å²) in [6.07, 6.45) is 0. The molecule has 12 aromatic carbocycles. The molecular weight excluding hydrogens is 1070 g/mol. The number of rotatable bonds is 6. The standard InChI is InChI=1S/C86H83BN2/c1-82(2,3)59-38-30-54(31-39-59)57-37-47-76-73(51-57)87-74-53-63(86(13,14)15)45-49-77(74)89(81-64(55-32-40-60(41-33-55)83(4,5)6)26-20-27-65(81)56-34-42-61(43-35-56)84(7,8)9)79-29-21-28-78(80(79)87)88(76)75-48-44-62(85(10,11)12)52-71(75)58-36-46-70-68-24-17-16-22-66(68)67-23-18-19-25-69(67)72(70)50-58/h16-53H,1-15H3. The Morgan fingerprint density at radius 1 is 0.236 bits per heavy atom. The second-order valence-electron chi connectivity index (χ2n) is 30.6. The van der Waals surface area contributed by atoms with Crippen LogP contribution in [0.1, 0.15) is 132 Å². The molecule has 0 spiro atoms. The second kappa shape index (κ2) is 20.8. The van der Waals surface area contributed by atoms with Gasteiger partial charge >= 0.3 is 0 Å². The highest BCUT2D eigenvalue weighted by atomic mass is 15.2. The van der Waals surface area contributed by atoms with Crippen molar-refractivity contribution in [2.24, 2.45) is 0 Å². The van der Waals surface area contributed by atoms with Crippen molar-refractivity contribution in [3.05, 3.63) is 258 Å². The third kappa shape index (κ3) is 9.97. The van der Waals surface area contributed by atoms with E-state index in [0.717, 1.165) is 5.69 Å². The first-order chi connectivity index (χ1) is 42.3. The maximum Gasteiger partial charge on any atom is 0.252 e. The van der Waals surface area contributed by atoms with Gasteiger partial charge in [-0.1, -0.05) is 292 Å². The Morgan fingerprint density at radius 2 is 0.607 bits per heavy atom. The third-order valence-electron chi connectivity index (χ3n) is 19.5. The van der Waals surface area contributed by atoms with Crippen LogP contribution in [0, 0.1) is 0 Å². The van der Waals surface area contributed by atoms with Crippen molar-refractivity contribution >= 4 is 89.5 Å². The third-order valence-corrected chi connectivity index (χ3v) is 19.5. The topological polar surface area (TPSA) is 6.48 Å². The van der Waals surface area contributed by atoms with Crippen LogP contribution in [0.3, 0.4) is 0 Å². The van der Waals surface area contributed by atoms with Gasteiger partial charge in [-0.2, -0.15) is 0 Å². The molecule has 0 radical (unpaired) electrons. The van der Waals surface area contributed by atoms with Crippen LogP contribution in [0.5, 0.6) is 0 Å². The van der Waals surface area contributed by atoms with Gasteiger partial charge in [0.05, 0.1) is 11.4 Å². The van der Waals surface area contributed by atoms with Crippen LogP contribution in [0.15, 0.2) is 231 Å². The van der Waals surface area contributed by atoms with E-state index in [1.807, 2.05) is 0 Å². The Morgan fingerprint density at radius 3 is 1.11 bits per heavy atom. The highest BCUT2D eigenvalue weighted by molar-refractivity contribution is 7.00. The number of para-hydroxylation sites is 1. The number of hydrogen-bond donors (Lipinski definition) is 0. The van der Waals surface area contributed by atoms with Crippen LogP contribution in [0.4, 0.5) is 34.1 Å². The first-order valence-electron chi connectivity index (χ1n) is 32.3. The molecule has 14 rings (SSSR count). The summed E-state index contributed by atoms with van der Waals surface area (Å²) in [5, 5.41) is 7.64. The van der Waals surface area contributed by atoms with E-state index < -0.39 is 0 Å². The Bertz CT molecular complexity index is 4660. The summed E-state index contributed by atoms with van der Waals surface area (Å²) in [4.78, 5) is 5.30. The van der Waals surface area contributed by atoms with Gasteiger partial charge in [0.15, 0.2) is 0 Å². The van der Waals surface area contributed by atoms with Gasteiger partial charge in [-0.05, 0) is 174 Å². The highest BCUT2D eigenvalue weighted by Gasteiger charge is 2.45. The molecule has 0 aliphatic carbocycles. The first-order valence-corrected chi connectivity index (χ1v) is 32.3. The number of fused-ring (bicyclic) bond motifs is 10. The molecule has 0 fully saturated rings. The van der Waals surface area contributed by atoms with E-state index in [4.69, 9.17) is 0 Å². The van der Waals surface area contributed by atoms with Gasteiger partial charge in [0.1, 0.15) is 0 Å². The first kappa shape index (κ1) is 57.8. The smallest absolute Gasteiger partial charge is 0.252 e. The van der Waals surface area contributed by atoms with E-state index in [9.17, 15) is 0 Å². The summed E-state index contributed by atoms with van der Waals surface area (Å²) in [5.74, 6) is 0. The quantitative estimate of drug-likeness (QED) is 0.121.